The molecule has 4 aliphatic rings. The molecule has 0 bridgehead atoms. The minimum absolute atomic E-state index is 0.512. The van der Waals surface area contributed by atoms with E-state index in [1.807, 2.05) is 11.3 Å². The van der Waals surface area contributed by atoms with Crippen LogP contribution >= 0.6 is 11.3 Å². The van der Waals surface area contributed by atoms with Crippen molar-refractivity contribution in [3.05, 3.63) is 317 Å². The van der Waals surface area contributed by atoms with Gasteiger partial charge in [-0.3, -0.25) is 0 Å². The molecule has 2 spiro atoms. The summed E-state index contributed by atoms with van der Waals surface area (Å²) >= 11 is 1.87. The van der Waals surface area contributed by atoms with Gasteiger partial charge in [-0.2, -0.15) is 0 Å². The van der Waals surface area contributed by atoms with Crippen molar-refractivity contribution in [3.63, 3.8) is 0 Å². The van der Waals surface area contributed by atoms with E-state index in [0.717, 1.165) is 56.8 Å². The molecule has 3 heterocycles. The lowest BCUT2D eigenvalue weighted by Crippen LogP contribution is -2.32. The number of thiophene rings is 1. The number of nitrogens with zero attached hydrogens (tertiary/aromatic N) is 1. The lowest BCUT2D eigenvalue weighted by molar-refractivity contribution is 0.436. The summed E-state index contributed by atoms with van der Waals surface area (Å²) in [6, 6.07) is 100. The van der Waals surface area contributed by atoms with Crippen LogP contribution in [0.2, 0.25) is 0 Å². The minimum Gasteiger partial charge on any atom is -0.457 e. The average Bonchev–Trinajstić information content (AvgIpc) is 4.03. The van der Waals surface area contributed by atoms with Crippen LogP contribution in [0, 0.1) is 0 Å². The Bertz CT molecular complexity index is 4550. The summed E-state index contributed by atoms with van der Waals surface area (Å²) < 4.78 is 16.0. The van der Waals surface area contributed by atoms with Crippen molar-refractivity contribution in [1.29, 1.82) is 0 Å². The van der Waals surface area contributed by atoms with Crippen LogP contribution in [-0.4, -0.2) is 0 Å². The van der Waals surface area contributed by atoms with Gasteiger partial charge in [0.1, 0.15) is 23.0 Å². The summed E-state index contributed by atoms with van der Waals surface area (Å²) in [5, 5.41) is 2.61. The van der Waals surface area contributed by atoms with E-state index in [4.69, 9.17) is 9.47 Å². The third kappa shape index (κ3) is 5.82. The SMILES string of the molecule is c1ccc2c(c1)Oc1ccccc1C21c2ccccc2-c2cc(-c3ccc(N(c4ccc(-c5cccc6c5sc5ccccc56)cc4)c4cccc5c4-c4ccccc4C54c5ccccc5Oc5ccccc54)cc3)ccc21. The maximum atomic E-state index is 6.73. The quantitative estimate of drug-likeness (QED) is 0.171. The van der Waals surface area contributed by atoms with Crippen LogP contribution in [0.3, 0.4) is 0 Å². The zero-order valence-electron chi connectivity index (χ0n) is 42.2. The first-order valence-electron chi connectivity index (χ1n) is 26.8. The number of para-hydroxylation sites is 4. The molecule has 1 aromatic heterocycles. The molecule has 78 heavy (non-hydrogen) atoms. The molecule has 0 amide bonds. The van der Waals surface area contributed by atoms with Gasteiger partial charge in [-0.15, -0.1) is 11.3 Å². The fourth-order valence-corrected chi connectivity index (χ4v) is 15.3. The van der Waals surface area contributed by atoms with Crippen LogP contribution in [0.25, 0.3) is 64.7 Å². The summed E-state index contributed by atoms with van der Waals surface area (Å²) in [5.74, 6) is 3.56. The van der Waals surface area contributed by atoms with Crippen molar-refractivity contribution in [2.45, 2.75) is 10.8 Å². The zero-order chi connectivity index (χ0) is 51.1. The third-order valence-electron chi connectivity index (χ3n) is 17.2. The molecule has 0 fully saturated rings. The molecule has 0 saturated heterocycles. The zero-order valence-corrected chi connectivity index (χ0v) is 43.0. The lowest BCUT2D eigenvalue weighted by atomic mass is 9.66. The Morgan fingerprint density at radius 1 is 0.295 bits per heavy atom. The van der Waals surface area contributed by atoms with Gasteiger partial charge in [-0.25, -0.2) is 0 Å². The summed E-state index contributed by atoms with van der Waals surface area (Å²) in [6.07, 6.45) is 0. The molecule has 0 N–H and O–H groups in total. The summed E-state index contributed by atoms with van der Waals surface area (Å²) in [7, 11) is 0. The molecule has 3 nitrogen and oxygen atoms in total. The number of ether oxygens (including phenoxy) is 2. The van der Waals surface area contributed by atoms with E-state index in [-0.39, 0.29) is 0 Å². The van der Waals surface area contributed by atoms with Crippen molar-refractivity contribution in [2.24, 2.45) is 0 Å². The third-order valence-corrected chi connectivity index (χ3v) is 18.5. The Labute approximate surface area is 456 Å². The summed E-state index contributed by atoms with van der Waals surface area (Å²) in [6.45, 7) is 0. The van der Waals surface area contributed by atoms with Crippen LogP contribution in [0.5, 0.6) is 23.0 Å². The van der Waals surface area contributed by atoms with Crippen LogP contribution in [0.4, 0.5) is 17.1 Å². The van der Waals surface area contributed by atoms with Crippen LogP contribution in [0.1, 0.15) is 44.5 Å². The molecule has 0 atom stereocenters. The fourth-order valence-electron chi connectivity index (χ4n) is 14.1. The number of hydrogen-bond donors (Lipinski definition) is 0. The van der Waals surface area contributed by atoms with Crippen LogP contribution < -0.4 is 14.4 Å². The van der Waals surface area contributed by atoms with Gasteiger partial charge in [0.2, 0.25) is 0 Å². The van der Waals surface area contributed by atoms with Crippen molar-refractivity contribution in [3.8, 4) is 67.5 Å². The first-order chi connectivity index (χ1) is 38.7. The maximum Gasteiger partial charge on any atom is 0.132 e. The highest BCUT2D eigenvalue weighted by Gasteiger charge is 2.53. The Hall–Kier alpha value is -9.74. The van der Waals surface area contributed by atoms with Crippen LogP contribution in [0.15, 0.2) is 273 Å². The average molecular weight is 1010 g/mol. The molecule has 2 aliphatic heterocycles. The maximum absolute atomic E-state index is 6.73. The molecule has 4 heteroatoms. The Kier molecular flexibility index (Phi) is 9.14. The molecule has 364 valence electrons. The smallest absolute Gasteiger partial charge is 0.132 e. The molecule has 0 unspecified atom stereocenters. The number of benzene rings is 12. The molecule has 17 rings (SSSR count). The lowest BCUT2D eigenvalue weighted by Gasteiger charge is -2.39. The largest absolute Gasteiger partial charge is 0.457 e. The highest BCUT2D eigenvalue weighted by atomic mass is 32.1. The Morgan fingerprint density at radius 2 is 0.731 bits per heavy atom. The standard InChI is InChI=1S/C74H45NO2S/c1-4-22-57-52(17-1)56-45-48(39-44-59(56)73(57)60-24-6-10-30-66(60)76-67-31-11-7-25-61(67)73)46-35-40-49(41-36-46)75(50-42-37-47(38-43-50)51-20-15-21-54-53-18-3-14-34-70(53)78-72(51)54)65-29-16-28-64-71(65)55-19-2-5-23-58(55)74(64)62-26-8-12-32-68(62)77-69-33-13-9-27-63(69)74/h1-45H. The van der Waals surface area contributed by atoms with E-state index in [1.54, 1.807) is 0 Å². The summed E-state index contributed by atoms with van der Waals surface area (Å²) in [4.78, 5) is 2.47. The number of anilines is 3. The van der Waals surface area contributed by atoms with Gasteiger partial charge in [0.15, 0.2) is 0 Å². The number of fused-ring (bicyclic) bond motifs is 21. The van der Waals surface area contributed by atoms with E-state index < -0.39 is 10.8 Å². The van der Waals surface area contributed by atoms with Gasteiger partial charge >= 0.3 is 0 Å². The molecule has 2 aliphatic carbocycles. The van der Waals surface area contributed by atoms with Crippen molar-refractivity contribution >= 4 is 48.6 Å². The second-order valence-electron chi connectivity index (χ2n) is 20.9. The second-order valence-corrected chi connectivity index (χ2v) is 22.0. The number of rotatable bonds is 5. The monoisotopic (exact) mass is 1010 g/mol. The predicted octanol–water partition coefficient (Wildman–Crippen LogP) is 19.8. The van der Waals surface area contributed by atoms with Crippen molar-refractivity contribution in [2.75, 3.05) is 4.90 Å². The van der Waals surface area contributed by atoms with Crippen LogP contribution in [-0.2, 0) is 10.8 Å². The van der Waals surface area contributed by atoms with E-state index in [0.29, 0.717) is 0 Å². The van der Waals surface area contributed by atoms with Gasteiger partial charge in [0.05, 0.1) is 16.5 Å². The van der Waals surface area contributed by atoms with Gasteiger partial charge in [0.25, 0.3) is 0 Å². The molecular formula is C74H45NO2S. The van der Waals surface area contributed by atoms with E-state index in [9.17, 15) is 0 Å². The molecule has 13 aromatic rings. The first kappa shape index (κ1) is 43.5. The predicted molar refractivity (Wildman–Crippen MR) is 320 cm³/mol. The van der Waals surface area contributed by atoms with E-state index >= 15 is 0 Å². The van der Waals surface area contributed by atoms with Gasteiger partial charge in [-0.1, -0.05) is 206 Å². The van der Waals surface area contributed by atoms with E-state index in [1.165, 1.54) is 92.5 Å². The Morgan fingerprint density at radius 3 is 1.36 bits per heavy atom. The van der Waals surface area contributed by atoms with Crippen molar-refractivity contribution in [1.82, 2.24) is 0 Å². The first-order valence-corrected chi connectivity index (χ1v) is 27.6. The Balaban J connectivity index is 0.842. The molecule has 12 aromatic carbocycles. The normalized spacial score (nSPS) is 14.1. The molecule has 0 saturated carbocycles. The van der Waals surface area contributed by atoms with Gasteiger partial charge < -0.3 is 14.4 Å². The number of hydrogen-bond acceptors (Lipinski definition) is 4. The molecular weight excluding hydrogens is 967 g/mol. The minimum atomic E-state index is -0.602. The highest BCUT2D eigenvalue weighted by Crippen LogP contribution is 2.65. The summed E-state index contributed by atoms with van der Waals surface area (Å²) in [5.41, 5.74) is 21.5. The topological polar surface area (TPSA) is 21.7 Å². The molecule has 0 radical (unpaired) electrons. The van der Waals surface area contributed by atoms with Crippen molar-refractivity contribution < 1.29 is 9.47 Å². The fraction of sp³-hybridized carbons (Fsp3) is 0.0270. The highest BCUT2D eigenvalue weighted by molar-refractivity contribution is 7.26. The second kappa shape index (κ2) is 16.4. The van der Waals surface area contributed by atoms with E-state index in [2.05, 4.69) is 278 Å². The van der Waals surface area contributed by atoms with Gasteiger partial charge in [0, 0.05) is 59.4 Å². The van der Waals surface area contributed by atoms with Gasteiger partial charge in [-0.05, 0) is 128 Å².